The number of aromatic hydroxyl groups is 1. The number of hydrogen-bond donors (Lipinski definition) is 1. The predicted molar refractivity (Wildman–Crippen MR) is 191 cm³/mol. The zero-order valence-corrected chi connectivity index (χ0v) is 30.1. The fourth-order valence-corrected chi connectivity index (χ4v) is 8.19. The van der Waals surface area contributed by atoms with E-state index in [0.29, 0.717) is 46.7 Å². The Morgan fingerprint density at radius 3 is 2.06 bits per heavy atom. The Kier molecular flexibility index (Phi) is 9.09. The number of hydrogen-bond acceptors (Lipinski definition) is 10. The Morgan fingerprint density at radius 2 is 1.36 bits per heavy atom. The Hall–Kier alpha value is -4.80. The van der Waals surface area contributed by atoms with Gasteiger partial charge in [-0.25, -0.2) is 0 Å². The maximum Gasteiger partial charge on any atom is 0.204 e. The topological polar surface area (TPSA) is 91.3 Å². The third kappa shape index (κ3) is 5.60. The molecule has 3 aliphatic rings. The van der Waals surface area contributed by atoms with Crippen LogP contribution in [0.2, 0.25) is 0 Å². The van der Waals surface area contributed by atoms with Crippen LogP contribution in [0.5, 0.6) is 51.7 Å². The van der Waals surface area contributed by atoms with Gasteiger partial charge in [0.25, 0.3) is 0 Å². The van der Waals surface area contributed by atoms with Crippen molar-refractivity contribution in [3.05, 3.63) is 75.8 Å². The number of methoxy groups -OCH3 is 6. The first kappa shape index (κ1) is 33.7. The molecule has 0 radical (unpaired) electrons. The van der Waals surface area contributed by atoms with Crippen LogP contribution in [-0.4, -0.2) is 84.7 Å². The van der Waals surface area contributed by atoms with Gasteiger partial charge in [-0.1, -0.05) is 6.07 Å². The number of likely N-dealkylation sites (N-methyl/N-ethyl adjacent to an activating group) is 2. The van der Waals surface area contributed by atoms with Gasteiger partial charge in [-0.2, -0.15) is 0 Å². The Balaban J connectivity index is 1.34. The summed E-state index contributed by atoms with van der Waals surface area (Å²) in [7, 11) is 14.1. The van der Waals surface area contributed by atoms with Crippen molar-refractivity contribution >= 4 is 0 Å². The highest BCUT2D eigenvalue weighted by atomic mass is 16.5. The van der Waals surface area contributed by atoms with Crippen molar-refractivity contribution in [3.8, 4) is 62.9 Å². The minimum Gasteiger partial charge on any atom is -0.504 e. The molecule has 2 atom stereocenters. The van der Waals surface area contributed by atoms with Gasteiger partial charge in [-0.15, -0.1) is 0 Å². The molecule has 4 aromatic carbocycles. The van der Waals surface area contributed by atoms with Crippen molar-refractivity contribution in [1.82, 2.24) is 9.80 Å². The molecule has 10 heteroatoms. The lowest BCUT2D eigenvalue weighted by Gasteiger charge is -2.38. The van der Waals surface area contributed by atoms with Crippen LogP contribution in [-0.2, 0) is 25.8 Å². The number of nitrogens with zero attached hydrogens (tertiary/aromatic N) is 2. The largest absolute Gasteiger partial charge is 0.504 e. The van der Waals surface area contributed by atoms with Gasteiger partial charge in [0.1, 0.15) is 0 Å². The maximum atomic E-state index is 11.5. The number of phenols is 1. The van der Waals surface area contributed by atoms with Crippen LogP contribution in [0.1, 0.15) is 45.3 Å². The monoisotopic (exact) mass is 682 g/mol. The first-order valence-corrected chi connectivity index (χ1v) is 16.9. The van der Waals surface area contributed by atoms with Crippen LogP contribution in [0.4, 0.5) is 0 Å². The molecule has 0 aromatic heterocycles. The van der Waals surface area contributed by atoms with Crippen molar-refractivity contribution in [1.29, 1.82) is 0 Å². The van der Waals surface area contributed by atoms with Crippen LogP contribution in [0.3, 0.4) is 0 Å². The Bertz CT molecular complexity index is 1940. The van der Waals surface area contributed by atoms with E-state index in [2.05, 4.69) is 36.0 Å². The summed E-state index contributed by atoms with van der Waals surface area (Å²) in [4.78, 5) is 4.68. The van der Waals surface area contributed by atoms with E-state index < -0.39 is 0 Å². The Labute approximate surface area is 294 Å². The number of rotatable bonds is 10. The molecule has 0 bridgehead atoms. The van der Waals surface area contributed by atoms with Crippen molar-refractivity contribution in [2.45, 2.75) is 37.8 Å². The quantitative estimate of drug-likeness (QED) is 0.194. The van der Waals surface area contributed by atoms with Gasteiger partial charge < -0.3 is 43.2 Å². The lowest BCUT2D eigenvalue weighted by atomic mass is 9.74. The van der Waals surface area contributed by atoms with Crippen LogP contribution < -0.4 is 33.2 Å². The summed E-state index contributed by atoms with van der Waals surface area (Å²) >= 11 is 0. The second kappa shape index (κ2) is 13.5. The average Bonchev–Trinajstić information content (AvgIpc) is 3.12. The molecule has 2 unspecified atom stereocenters. The van der Waals surface area contributed by atoms with Crippen LogP contribution in [0.15, 0.2) is 42.5 Å². The highest BCUT2D eigenvalue weighted by molar-refractivity contribution is 5.85. The fourth-order valence-electron chi connectivity index (χ4n) is 8.19. The maximum absolute atomic E-state index is 11.5. The number of benzene rings is 4. The van der Waals surface area contributed by atoms with Crippen LogP contribution in [0.25, 0.3) is 11.1 Å². The number of fused-ring (bicyclic) bond motifs is 3. The summed E-state index contributed by atoms with van der Waals surface area (Å²) in [6, 6.07) is 14.2. The molecule has 1 aliphatic carbocycles. The van der Waals surface area contributed by atoms with Crippen LogP contribution in [0, 0.1) is 0 Å². The second-order valence-corrected chi connectivity index (χ2v) is 13.4. The smallest absolute Gasteiger partial charge is 0.204 e. The summed E-state index contributed by atoms with van der Waals surface area (Å²) in [5.41, 5.74) is 8.54. The molecule has 2 heterocycles. The van der Waals surface area contributed by atoms with Gasteiger partial charge in [0.2, 0.25) is 5.75 Å². The minimum absolute atomic E-state index is 0.0383. The van der Waals surface area contributed by atoms with E-state index >= 15 is 0 Å². The third-order valence-corrected chi connectivity index (χ3v) is 10.6. The summed E-state index contributed by atoms with van der Waals surface area (Å²) < 4.78 is 41.6. The van der Waals surface area contributed by atoms with Gasteiger partial charge in [0, 0.05) is 42.7 Å². The first-order chi connectivity index (χ1) is 24.2. The molecule has 264 valence electrons. The zero-order valence-electron chi connectivity index (χ0n) is 30.1. The van der Waals surface area contributed by atoms with E-state index in [1.54, 1.807) is 42.7 Å². The van der Waals surface area contributed by atoms with Gasteiger partial charge >= 0.3 is 0 Å². The number of ether oxygens (including phenoxy) is 7. The molecular weight excluding hydrogens is 636 g/mol. The lowest BCUT2D eigenvalue weighted by molar-refractivity contribution is 0.226. The van der Waals surface area contributed by atoms with Gasteiger partial charge in [0.05, 0.1) is 42.7 Å². The molecule has 0 saturated carbocycles. The SMILES string of the molecule is COc1cc2c(cc1OC)C(Cc1ccc(OC)c(OC)c1Oc1cc3c(cc1OC)-c1c(O)c(OC)cc4c1C(C3)CN(C)C4)N(C)CC2. The molecule has 10 nitrogen and oxygen atoms in total. The van der Waals surface area contributed by atoms with Crippen molar-refractivity contribution < 1.29 is 38.3 Å². The van der Waals surface area contributed by atoms with E-state index in [-0.39, 0.29) is 17.7 Å². The molecule has 4 aromatic rings. The summed E-state index contributed by atoms with van der Waals surface area (Å²) in [6.45, 7) is 2.57. The highest BCUT2D eigenvalue weighted by Crippen LogP contribution is 2.54. The third-order valence-electron chi connectivity index (χ3n) is 10.6. The molecule has 50 heavy (non-hydrogen) atoms. The van der Waals surface area contributed by atoms with Crippen molar-refractivity contribution in [2.75, 3.05) is 69.8 Å². The molecule has 2 aliphatic heterocycles. The standard InChI is InChI=1S/C40H46N2O8/c1-41-20-25-13-24-16-34(33(47-6)19-28(24)37-36(25)26(21-41)17-35(48-7)38(37)43)50-39-23(9-10-30(44-3)40(39)49-8)14-29-27-18-32(46-5)31(45-4)15-22(27)11-12-42(29)2/h9-10,15-19,25,29,43H,11-14,20-21H2,1-8H3. The van der Waals surface area contributed by atoms with E-state index in [0.717, 1.165) is 60.5 Å². The number of phenolic OH excluding ortho intramolecular Hbond substituents is 1. The molecule has 1 N–H and O–H groups in total. The second-order valence-electron chi connectivity index (χ2n) is 13.4. The van der Waals surface area contributed by atoms with Crippen LogP contribution >= 0.6 is 0 Å². The van der Waals surface area contributed by atoms with Gasteiger partial charge in [0.15, 0.2) is 46.0 Å². The first-order valence-electron chi connectivity index (χ1n) is 16.9. The lowest BCUT2D eigenvalue weighted by Crippen LogP contribution is -2.33. The summed E-state index contributed by atoms with van der Waals surface area (Å²) in [6.07, 6.45) is 2.34. The molecule has 0 fully saturated rings. The molecule has 7 rings (SSSR count). The van der Waals surface area contributed by atoms with Crippen molar-refractivity contribution in [3.63, 3.8) is 0 Å². The van der Waals surface area contributed by atoms with E-state index in [1.165, 1.54) is 22.3 Å². The molecular formula is C40H46N2O8. The average molecular weight is 683 g/mol. The van der Waals surface area contributed by atoms with Crippen molar-refractivity contribution in [2.24, 2.45) is 0 Å². The molecule has 0 amide bonds. The van der Waals surface area contributed by atoms with E-state index in [9.17, 15) is 5.11 Å². The molecule has 0 spiro atoms. The molecule has 0 saturated heterocycles. The normalized spacial score (nSPS) is 18.0. The van der Waals surface area contributed by atoms with Gasteiger partial charge in [-0.3, -0.25) is 4.90 Å². The highest BCUT2D eigenvalue weighted by Gasteiger charge is 2.36. The fraction of sp³-hybridized carbons (Fsp3) is 0.400. The van der Waals surface area contributed by atoms with Gasteiger partial charge in [-0.05, 0) is 103 Å². The summed E-state index contributed by atoms with van der Waals surface area (Å²) in [5, 5.41) is 11.5. The predicted octanol–water partition coefficient (Wildman–Crippen LogP) is 6.76. The van der Waals surface area contributed by atoms with E-state index in [4.69, 9.17) is 33.2 Å². The Morgan fingerprint density at radius 1 is 0.700 bits per heavy atom. The summed E-state index contributed by atoms with van der Waals surface area (Å²) in [5.74, 6) is 4.99. The zero-order chi connectivity index (χ0) is 35.3. The minimum atomic E-state index is 0.0383. The van der Waals surface area contributed by atoms with E-state index in [1.807, 2.05) is 30.3 Å².